The lowest BCUT2D eigenvalue weighted by atomic mass is 10.4. The van der Waals surface area contributed by atoms with Crippen LogP contribution in [0, 0.1) is 0 Å². The first kappa shape index (κ1) is 12.1. The highest BCUT2D eigenvalue weighted by atomic mass is 16.4. The minimum absolute atomic E-state index is 0.615. The molecule has 0 aromatic carbocycles. The van der Waals surface area contributed by atoms with E-state index < -0.39 is 5.97 Å². The number of carbonyl (C=O) groups is 1. The first-order valence-corrected chi connectivity index (χ1v) is 4.45. The van der Waals surface area contributed by atoms with Crippen LogP contribution in [-0.2, 0) is 4.79 Å². The van der Waals surface area contributed by atoms with Crippen molar-refractivity contribution < 1.29 is 9.90 Å². The molecule has 0 saturated carbocycles. The van der Waals surface area contributed by atoms with Gasteiger partial charge in [-0.2, -0.15) is 0 Å². The van der Waals surface area contributed by atoms with Crippen molar-refractivity contribution in [2.45, 2.75) is 6.92 Å². The third-order valence-electron chi connectivity index (χ3n) is 1.73. The van der Waals surface area contributed by atoms with Gasteiger partial charge in [-0.25, -0.2) is 4.79 Å². The first-order chi connectivity index (χ1) is 6.16. The van der Waals surface area contributed by atoms with E-state index in [1.54, 1.807) is 6.08 Å². The number of nitrogens with zero attached hydrogens (tertiary/aromatic N) is 1. The number of nitrogens with one attached hydrogen (secondary N) is 1. The van der Waals surface area contributed by atoms with E-state index in [0.717, 1.165) is 25.7 Å². The third-order valence-corrected chi connectivity index (χ3v) is 1.73. The van der Waals surface area contributed by atoms with Crippen LogP contribution in [0.15, 0.2) is 12.2 Å². The predicted octanol–water partition coefficient (Wildman–Crippen LogP) is 0.169. The van der Waals surface area contributed by atoms with Gasteiger partial charge in [0, 0.05) is 25.7 Å². The number of carboxylic acid groups (broad SMARTS) is 1. The highest BCUT2D eigenvalue weighted by molar-refractivity contribution is 5.79. The van der Waals surface area contributed by atoms with E-state index in [-0.39, 0.29) is 0 Å². The van der Waals surface area contributed by atoms with E-state index in [2.05, 4.69) is 24.2 Å². The molecule has 0 aromatic rings. The van der Waals surface area contributed by atoms with Gasteiger partial charge in [0.1, 0.15) is 0 Å². The fourth-order valence-electron chi connectivity index (χ4n) is 0.773. The van der Waals surface area contributed by atoms with Crippen LogP contribution in [0.25, 0.3) is 0 Å². The van der Waals surface area contributed by atoms with Crippen LogP contribution in [0.4, 0.5) is 0 Å². The van der Waals surface area contributed by atoms with Crippen molar-refractivity contribution in [1.29, 1.82) is 0 Å². The van der Waals surface area contributed by atoms with Crippen molar-refractivity contribution >= 4 is 5.97 Å². The molecule has 0 unspecified atom stereocenters. The Hall–Kier alpha value is -0.870. The first-order valence-electron chi connectivity index (χ1n) is 4.45. The second-order valence-electron chi connectivity index (χ2n) is 2.84. The number of likely N-dealkylation sites (N-methyl/N-ethyl adjacent to an activating group) is 1. The van der Waals surface area contributed by atoms with Crippen LogP contribution in [0.3, 0.4) is 0 Å². The van der Waals surface area contributed by atoms with Gasteiger partial charge in [0.2, 0.25) is 0 Å². The largest absolute Gasteiger partial charge is 0.478 e. The smallest absolute Gasteiger partial charge is 0.328 e. The number of hydrogen-bond donors (Lipinski definition) is 2. The summed E-state index contributed by atoms with van der Waals surface area (Å²) in [7, 11) is 2.05. The highest BCUT2D eigenvalue weighted by Gasteiger charge is 1.91. The molecule has 0 atom stereocenters. The number of hydrogen-bond acceptors (Lipinski definition) is 3. The molecule has 0 aliphatic carbocycles. The molecule has 13 heavy (non-hydrogen) atoms. The molecular weight excluding hydrogens is 168 g/mol. The van der Waals surface area contributed by atoms with Crippen LogP contribution >= 0.6 is 0 Å². The molecule has 0 aliphatic heterocycles. The van der Waals surface area contributed by atoms with Crippen LogP contribution in [0.2, 0.25) is 0 Å². The van der Waals surface area contributed by atoms with Crippen molar-refractivity contribution in [1.82, 2.24) is 10.2 Å². The molecule has 0 bridgehead atoms. The molecule has 4 heteroatoms. The number of rotatable bonds is 7. The van der Waals surface area contributed by atoms with Crippen LogP contribution in [0.5, 0.6) is 0 Å². The van der Waals surface area contributed by atoms with Gasteiger partial charge in [0.05, 0.1) is 0 Å². The van der Waals surface area contributed by atoms with Crippen molar-refractivity contribution in [2.75, 3.05) is 33.2 Å². The Morgan fingerprint density at radius 1 is 1.62 bits per heavy atom. The summed E-state index contributed by atoms with van der Waals surface area (Å²) in [5, 5.41) is 11.4. The minimum Gasteiger partial charge on any atom is -0.478 e. The minimum atomic E-state index is -0.896. The monoisotopic (exact) mass is 186 g/mol. The summed E-state index contributed by atoms with van der Waals surface area (Å²) in [6.45, 7) is 5.62. The summed E-state index contributed by atoms with van der Waals surface area (Å²) < 4.78 is 0. The molecule has 2 N–H and O–H groups in total. The lowest BCUT2D eigenvalue weighted by molar-refractivity contribution is -0.131. The second-order valence-corrected chi connectivity index (χ2v) is 2.84. The van der Waals surface area contributed by atoms with E-state index in [1.807, 2.05) is 0 Å². The Balaban J connectivity index is 3.21. The Morgan fingerprint density at radius 2 is 2.31 bits per heavy atom. The molecule has 0 saturated heterocycles. The zero-order valence-corrected chi connectivity index (χ0v) is 8.29. The Bertz CT molecular complexity index is 169. The molecule has 0 spiro atoms. The maximum absolute atomic E-state index is 10.1. The molecule has 0 aromatic heterocycles. The lowest BCUT2D eigenvalue weighted by Gasteiger charge is -2.12. The number of aliphatic carboxylic acids is 1. The van der Waals surface area contributed by atoms with Gasteiger partial charge >= 0.3 is 5.97 Å². The maximum Gasteiger partial charge on any atom is 0.328 e. The van der Waals surface area contributed by atoms with E-state index in [4.69, 9.17) is 5.11 Å². The van der Waals surface area contributed by atoms with Crippen LogP contribution < -0.4 is 5.32 Å². The predicted molar refractivity (Wildman–Crippen MR) is 52.8 cm³/mol. The van der Waals surface area contributed by atoms with Crippen molar-refractivity contribution in [3.05, 3.63) is 12.2 Å². The summed E-state index contributed by atoms with van der Waals surface area (Å²) in [5.41, 5.74) is 0. The molecule has 0 rings (SSSR count). The van der Waals surface area contributed by atoms with E-state index in [1.165, 1.54) is 0 Å². The SMILES string of the molecule is CCN(C)CCNC/C=C/C(=O)O. The maximum atomic E-state index is 10.1. The summed E-state index contributed by atoms with van der Waals surface area (Å²) in [4.78, 5) is 12.3. The van der Waals surface area contributed by atoms with Gasteiger partial charge in [-0.05, 0) is 13.6 Å². The lowest BCUT2D eigenvalue weighted by Crippen LogP contribution is -2.29. The van der Waals surface area contributed by atoms with Gasteiger partial charge in [0.25, 0.3) is 0 Å². The summed E-state index contributed by atoms with van der Waals surface area (Å²) in [6, 6.07) is 0. The average molecular weight is 186 g/mol. The van der Waals surface area contributed by atoms with Gasteiger partial charge in [0.15, 0.2) is 0 Å². The molecule has 4 nitrogen and oxygen atoms in total. The van der Waals surface area contributed by atoms with Crippen molar-refractivity contribution in [3.63, 3.8) is 0 Å². The van der Waals surface area contributed by atoms with E-state index in [0.29, 0.717) is 6.54 Å². The molecule has 0 heterocycles. The topological polar surface area (TPSA) is 52.6 Å². The fraction of sp³-hybridized carbons (Fsp3) is 0.667. The second kappa shape index (κ2) is 7.76. The zero-order chi connectivity index (χ0) is 10.1. The zero-order valence-electron chi connectivity index (χ0n) is 8.29. The fourth-order valence-corrected chi connectivity index (χ4v) is 0.773. The molecule has 0 radical (unpaired) electrons. The van der Waals surface area contributed by atoms with Gasteiger partial charge in [-0.15, -0.1) is 0 Å². The Labute approximate surface area is 79.2 Å². The number of carboxylic acids is 1. The summed E-state index contributed by atoms with van der Waals surface area (Å²) in [6.07, 6.45) is 2.75. The Morgan fingerprint density at radius 3 is 2.85 bits per heavy atom. The van der Waals surface area contributed by atoms with Gasteiger partial charge in [-0.3, -0.25) is 0 Å². The molecule has 0 amide bonds. The summed E-state index contributed by atoms with van der Waals surface area (Å²) in [5.74, 6) is -0.896. The third kappa shape index (κ3) is 9.04. The highest BCUT2D eigenvalue weighted by Crippen LogP contribution is 1.77. The van der Waals surface area contributed by atoms with E-state index in [9.17, 15) is 4.79 Å². The van der Waals surface area contributed by atoms with Crippen LogP contribution in [0.1, 0.15) is 6.92 Å². The van der Waals surface area contributed by atoms with Crippen molar-refractivity contribution in [3.8, 4) is 0 Å². The van der Waals surface area contributed by atoms with E-state index >= 15 is 0 Å². The molecule has 0 aliphatic rings. The Kier molecular flexibility index (Phi) is 7.24. The quantitative estimate of drug-likeness (QED) is 0.439. The van der Waals surface area contributed by atoms with Gasteiger partial charge in [-0.1, -0.05) is 13.0 Å². The average Bonchev–Trinajstić information content (AvgIpc) is 2.10. The molecular formula is C9H18N2O2. The molecule has 76 valence electrons. The van der Waals surface area contributed by atoms with Crippen LogP contribution in [-0.4, -0.2) is 49.2 Å². The van der Waals surface area contributed by atoms with Crippen molar-refractivity contribution in [2.24, 2.45) is 0 Å². The molecule has 0 fully saturated rings. The van der Waals surface area contributed by atoms with Gasteiger partial charge < -0.3 is 15.3 Å². The summed E-state index contributed by atoms with van der Waals surface area (Å²) >= 11 is 0. The normalized spacial score (nSPS) is 11.3. The standard InChI is InChI=1S/C9H18N2O2/c1-3-11(2)8-7-10-6-4-5-9(12)13/h4-5,10H,3,6-8H2,1-2H3,(H,12,13)/b5-4+.